The number of nitrogens with zero attached hydrogens (tertiary/aromatic N) is 2. The topological polar surface area (TPSA) is 9.86 Å². The van der Waals surface area contributed by atoms with E-state index in [-0.39, 0.29) is 5.41 Å². The molecular weight excluding hydrogens is 689 g/mol. The minimum absolute atomic E-state index is 0.204. The Bertz CT molecular complexity index is 3030. The molecule has 7 aromatic carbocycles. The first-order valence-electron chi connectivity index (χ1n) is 21.0. The molecule has 0 radical (unpaired) electrons. The minimum Gasteiger partial charge on any atom is -0.309 e. The summed E-state index contributed by atoms with van der Waals surface area (Å²) < 4.78 is 5.12. The highest BCUT2D eigenvalue weighted by molar-refractivity contribution is 6.70. The van der Waals surface area contributed by atoms with Crippen molar-refractivity contribution < 1.29 is 0 Å². The number of hydrogen-bond donors (Lipinski definition) is 0. The number of para-hydroxylation sites is 3. The van der Waals surface area contributed by atoms with Crippen molar-refractivity contribution in [2.24, 2.45) is 0 Å². The largest absolute Gasteiger partial charge is 0.309 e. The maximum Gasteiger partial charge on any atom is 0.139 e. The van der Waals surface area contributed by atoms with Crippen LogP contribution in [-0.2, 0) is 5.41 Å². The minimum atomic E-state index is -0.204. The van der Waals surface area contributed by atoms with E-state index in [1.54, 1.807) is 0 Å². The lowest BCUT2D eigenvalue weighted by molar-refractivity contribution is 0.591. The second kappa shape index (κ2) is 13.7. The fourth-order valence-corrected chi connectivity index (χ4v) is 10.3. The van der Waals surface area contributed by atoms with Gasteiger partial charge >= 0.3 is 0 Å². The molecule has 2 heterocycles. The smallest absolute Gasteiger partial charge is 0.139 e. The van der Waals surface area contributed by atoms with Crippen molar-refractivity contribution in [2.45, 2.75) is 26.2 Å². The molecule has 0 unspecified atom stereocenters. The van der Waals surface area contributed by atoms with Gasteiger partial charge in [-0.2, -0.15) is 0 Å². The molecule has 0 aliphatic heterocycles. The van der Waals surface area contributed by atoms with Gasteiger partial charge in [-0.25, -0.2) is 0 Å². The van der Waals surface area contributed by atoms with E-state index < -0.39 is 0 Å². The molecule has 0 fully saturated rings. The molecule has 270 valence electrons. The van der Waals surface area contributed by atoms with Crippen LogP contribution in [0.4, 0.5) is 0 Å². The molecule has 0 saturated heterocycles. The van der Waals surface area contributed by atoms with Gasteiger partial charge in [0.25, 0.3) is 0 Å². The van der Waals surface area contributed by atoms with Crippen LogP contribution in [0.15, 0.2) is 103 Å². The Balaban J connectivity index is 1.48. The second-order valence-corrected chi connectivity index (χ2v) is 18.1. The second-order valence-electron chi connectivity index (χ2n) is 18.1. The lowest BCUT2D eigenvalue weighted by Crippen LogP contribution is -2.55. The Morgan fingerprint density at radius 2 is 0.741 bits per heavy atom. The fraction of sp³-hybridized carbons (Fsp3) is 0.0870. The highest BCUT2D eigenvalue weighted by atomic mass is 15.0. The number of hydrogen-bond acceptors (Lipinski definition) is 0. The summed E-state index contributed by atoms with van der Waals surface area (Å²) in [5.41, 5.74) is 27.5. The van der Waals surface area contributed by atoms with E-state index in [0.29, 0.717) is 0 Å². The Hall–Kier alpha value is -5.21. The van der Waals surface area contributed by atoms with Gasteiger partial charge in [0.2, 0.25) is 0 Å². The summed E-state index contributed by atoms with van der Waals surface area (Å²) in [6, 6.07) is 39.0. The van der Waals surface area contributed by atoms with Gasteiger partial charge in [0, 0.05) is 32.8 Å². The van der Waals surface area contributed by atoms with Gasteiger partial charge in [0.1, 0.15) is 78.5 Å². The quantitative estimate of drug-likeness (QED) is 0.161. The Labute approximate surface area is 352 Å². The first-order valence-corrected chi connectivity index (χ1v) is 21.0. The Morgan fingerprint density at radius 3 is 1.16 bits per heavy atom. The molecule has 0 N–H and O–H groups in total. The maximum absolute atomic E-state index is 2.60. The van der Waals surface area contributed by atoms with Crippen LogP contribution in [-0.4, -0.2) is 87.6 Å². The molecule has 0 bridgehead atoms. The van der Waals surface area contributed by atoms with Crippen molar-refractivity contribution in [3.8, 4) is 33.6 Å². The van der Waals surface area contributed by atoms with Gasteiger partial charge in [0.15, 0.2) is 0 Å². The zero-order chi connectivity index (χ0) is 41.1. The van der Waals surface area contributed by atoms with Crippen molar-refractivity contribution >= 4 is 177 Å². The van der Waals surface area contributed by atoms with Crippen LogP contribution in [0.1, 0.15) is 26.3 Å². The molecule has 0 aliphatic carbocycles. The third-order valence-corrected chi connectivity index (χ3v) is 14.1. The van der Waals surface area contributed by atoms with E-state index in [1.807, 2.05) is 0 Å². The van der Waals surface area contributed by atoms with E-state index in [4.69, 9.17) is 0 Å². The van der Waals surface area contributed by atoms with Gasteiger partial charge in [0.05, 0.1) is 27.8 Å². The Kier molecular flexibility index (Phi) is 9.04. The van der Waals surface area contributed by atoms with Gasteiger partial charge in [-0.05, 0) is 70.1 Å². The standard InChI is InChI=1S/C46H46B10N2/c1-46(2,3)34-31(58-29-14-8-4-10-24(29)25-11-5-9-15-30(25)58)17-16-27-26-12-6-7-13-28(26)57(45(27)34)23-19-21(32-35(47)39(51)43(55)40(52)36(32)48)18-22(20-23)33-37(49)41(53)44(56)42(54)38(33)50/h4-20H,47-56H2,1-3H3. The summed E-state index contributed by atoms with van der Waals surface area (Å²) in [6.07, 6.45) is 0. The zero-order valence-corrected chi connectivity index (χ0v) is 36.7. The van der Waals surface area contributed by atoms with E-state index in [9.17, 15) is 0 Å². The van der Waals surface area contributed by atoms with Crippen LogP contribution >= 0.6 is 0 Å². The molecular formula is C46H46B10N2. The normalized spacial score (nSPS) is 12.1. The summed E-state index contributed by atoms with van der Waals surface area (Å²) in [7, 11) is 23.0. The number of rotatable bonds is 4. The molecule has 2 aromatic heterocycles. The average molecular weight is 735 g/mol. The first kappa shape index (κ1) is 38.3. The molecule has 12 heteroatoms. The molecule has 9 rings (SSSR count). The van der Waals surface area contributed by atoms with Crippen molar-refractivity contribution in [3.63, 3.8) is 0 Å². The Morgan fingerprint density at radius 1 is 0.379 bits per heavy atom. The van der Waals surface area contributed by atoms with Crippen molar-refractivity contribution in [3.05, 3.63) is 109 Å². The summed E-state index contributed by atoms with van der Waals surface area (Å²) in [4.78, 5) is 0. The van der Waals surface area contributed by atoms with Gasteiger partial charge in [-0.15, -0.1) is 32.8 Å². The van der Waals surface area contributed by atoms with E-state index >= 15 is 0 Å². The lowest BCUT2D eigenvalue weighted by atomic mass is 9.59. The molecule has 0 saturated carbocycles. The average Bonchev–Trinajstić information content (AvgIpc) is 3.73. The van der Waals surface area contributed by atoms with E-state index in [0.717, 1.165) is 0 Å². The summed E-state index contributed by atoms with van der Waals surface area (Å²) >= 11 is 0. The third kappa shape index (κ3) is 5.54. The van der Waals surface area contributed by atoms with E-state index in [2.05, 4.69) is 211 Å². The summed E-state index contributed by atoms with van der Waals surface area (Å²) in [5, 5.41) is 5.10. The van der Waals surface area contributed by atoms with Gasteiger partial charge < -0.3 is 9.13 Å². The number of aromatic nitrogens is 2. The molecule has 0 spiro atoms. The first-order chi connectivity index (χ1) is 27.6. The predicted molar refractivity (Wildman–Crippen MR) is 286 cm³/mol. The van der Waals surface area contributed by atoms with Gasteiger partial charge in [-0.1, -0.05) is 103 Å². The molecule has 0 amide bonds. The van der Waals surface area contributed by atoms with Crippen LogP contribution in [0.25, 0.3) is 77.2 Å². The SMILES string of the molecule is Bc1c(B)c(B)c(-c2cc(-c3c(B)c(B)c(B)c(B)c3B)cc(-n3c4ccccc4c4ccc(-n5c6ccccc6c6ccccc65)c(C(C)(C)C)c43)c2)c(B)c1B. The van der Waals surface area contributed by atoms with Crippen LogP contribution < -0.4 is 54.6 Å². The van der Waals surface area contributed by atoms with Crippen LogP contribution in [0.3, 0.4) is 0 Å². The molecule has 2 nitrogen and oxygen atoms in total. The summed E-state index contributed by atoms with van der Waals surface area (Å²) in [5.74, 6) is 0. The third-order valence-electron chi connectivity index (χ3n) is 14.1. The maximum atomic E-state index is 2.60. The fourth-order valence-electron chi connectivity index (χ4n) is 10.3. The van der Waals surface area contributed by atoms with Crippen molar-refractivity contribution in [2.75, 3.05) is 0 Å². The predicted octanol–water partition coefficient (Wildman–Crippen LogP) is -4.90. The molecule has 58 heavy (non-hydrogen) atoms. The van der Waals surface area contributed by atoms with Crippen LogP contribution in [0.5, 0.6) is 0 Å². The summed E-state index contributed by atoms with van der Waals surface area (Å²) in [6.45, 7) is 7.16. The zero-order valence-electron chi connectivity index (χ0n) is 36.7. The van der Waals surface area contributed by atoms with Crippen molar-refractivity contribution in [1.82, 2.24) is 9.13 Å². The highest BCUT2D eigenvalue weighted by Crippen LogP contribution is 2.44. The molecule has 0 aliphatic rings. The molecule has 0 atom stereocenters. The monoisotopic (exact) mass is 736 g/mol. The number of benzene rings is 7. The van der Waals surface area contributed by atoms with Gasteiger partial charge in [-0.3, -0.25) is 0 Å². The lowest BCUT2D eigenvalue weighted by Gasteiger charge is -2.27. The highest BCUT2D eigenvalue weighted by Gasteiger charge is 2.29. The van der Waals surface area contributed by atoms with E-state index in [1.165, 1.54) is 137 Å². The van der Waals surface area contributed by atoms with Crippen LogP contribution in [0.2, 0.25) is 0 Å². The van der Waals surface area contributed by atoms with Crippen molar-refractivity contribution in [1.29, 1.82) is 0 Å². The number of fused-ring (bicyclic) bond motifs is 6. The van der Waals surface area contributed by atoms with Crippen LogP contribution in [0, 0.1) is 0 Å². The molecule has 9 aromatic rings.